The second-order valence-electron chi connectivity index (χ2n) is 6.04. The first-order valence-corrected chi connectivity index (χ1v) is 7.90. The number of hydrogen-bond donors (Lipinski definition) is 2. The molecule has 0 unspecified atom stereocenters. The van der Waals surface area contributed by atoms with E-state index in [1.165, 1.54) is 4.57 Å². The van der Waals surface area contributed by atoms with Crippen molar-refractivity contribution in [1.29, 1.82) is 0 Å². The van der Waals surface area contributed by atoms with E-state index >= 15 is 0 Å². The first kappa shape index (κ1) is 15.8. The molecule has 3 heterocycles. The fourth-order valence-electron chi connectivity index (χ4n) is 3.02. The van der Waals surface area contributed by atoms with Gasteiger partial charge in [-0.2, -0.15) is 0 Å². The second kappa shape index (κ2) is 5.66. The maximum atomic E-state index is 12.4. The third-order valence-electron chi connectivity index (χ3n) is 4.29. The Bertz CT molecular complexity index is 1130. The number of aryl methyl sites for hydroxylation is 1. The summed E-state index contributed by atoms with van der Waals surface area (Å²) in [5.74, 6) is -1.27. The number of fused-ring (bicyclic) bond motifs is 1. The summed E-state index contributed by atoms with van der Waals surface area (Å²) in [5.41, 5.74) is 8.88. The molecule has 1 aliphatic heterocycles. The number of benzene rings is 1. The van der Waals surface area contributed by atoms with Gasteiger partial charge in [0.1, 0.15) is 5.82 Å². The number of aromatic nitrogens is 2. The van der Waals surface area contributed by atoms with Gasteiger partial charge in [0.2, 0.25) is 0 Å². The third-order valence-corrected chi connectivity index (χ3v) is 4.29. The molecule has 0 aliphatic carbocycles. The van der Waals surface area contributed by atoms with Crippen LogP contribution in [0.5, 0.6) is 0 Å². The lowest BCUT2D eigenvalue weighted by Gasteiger charge is -2.12. The van der Waals surface area contributed by atoms with Crippen LogP contribution < -0.4 is 16.6 Å². The van der Waals surface area contributed by atoms with Gasteiger partial charge in [0.05, 0.1) is 22.5 Å². The molecule has 2 aromatic heterocycles. The van der Waals surface area contributed by atoms with Crippen molar-refractivity contribution in [3.63, 3.8) is 0 Å². The highest BCUT2D eigenvalue weighted by atomic mass is 16.2. The van der Waals surface area contributed by atoms with E-state index in [4.69, 9.17) is 5.73 Å². The van der Waals surface area contributed by atoms with Gasteiger partial charge >= 0.3 is 0 Å². The van der Waals surface area contributed by atoms with E-state index in [0.717, 1.165) is 22.9 Å². The van der Waals surface area contributed by atoms with Crippen LogP contribution in [0.2, 0.25) is 0 Å². The van der Waals surface area contributed by atoms with Gasteiger partial charge in [-0.25, -0.2) is 0 Å². The van der Waals surface area contributed by atoms with Crippen LogP contribution in [0.3, 0.4) is 0 Å². The maximum absolute atomic E-state index is 12.4. The lowest BCUT2D eigenvalue weighted by atomic mass is 10.1. The highest BCUT2D eigenvalue weighted by Gasteiger charge is 2.31. The average Bonchev–Trinajstić information content (AvgIpc) is 2.89. The molecule has 7 nitrogen and oxygen atoms in total. The average molecular weight is 346 g/mol. The number of imide groups is 1. The van der Waals surface area contributed by atoms with Gasteiger partial charge in [-0.1, -0.05) is 12.1 Å². The molecule has 4 rings (SSSR count). The predicted molar refractivity (Wildman–Crippen MR) is 96.2 cm³/mol. The molecule has 1 aromatic carbocycles. The summed E-state index contributed by atoms with van der Waals surface area (Å²) in [6.45, 7) is 1.98. The van der Waals surface area contributed by atoms with Crippen LogP contribution in [-0.4, -0.2) is 21.4 Å². The number of anilines is 1. The van der Waals surface area contributed by atoms with Gasteiger partial charge in [-0.3, -0.25) is 29.3 Å². The molecule has 7 heteroatoms. The Balaban J connectivity index is 1.82. The summed E-state index contributed by atoms with van der Waals surface area (Å²) in [4.78, 5) is 40.4. The molecule has 0 atom stereocenters. The molecular weight excluding hydrogens is 332 g/mol. The SMILES string of the molecule is Cc1ccnc(-c2ccc(-n3c(N)c4c(cc3=O)C(=O)NC4=O)cc2)c1. The van der Waals surface area contributed by atoms with Crippen molar-refractivity contribution >= 4 is 17.6 Å². The Hall–Kier alpha value is -3.74. The Morgan fingerprint density at radius 2 is 1.73 bits per heavy atom. The Morgan fingerprint density at radius 1 is 1.00 bits per heavy atom. The molecule has 3 aromatic rings. The van der Waals surface area contributed by atoms with Crippen LogP contribution in [0, 0.1) is 6.92 Å². The fourth-order valence-corrected chi connectivity index (χ4v) is 3.02. The molecule has 1 aliphatic rings. The molecule has 0 bridgehead atoms. The third kappa shape index (κ3) is 2.37. The molecule has 2 amide bonds. The standard InChI is InChI=1S/C19H14N4O3/c1-10-6-7-21-14(8-10)11-2-4-12(5-3-11)23-15(24)9-13-16(17(23)20)19(26)22-18(13)25/h2-9H,20H2,1H3,(H,22,25,26). The molecule has 128 valence electrons. The zero-order valence-corrected chi connectivity index (χ0v) is 13.8. The number of carbonyl (C=O) groups excluding carboxylic acids is 2. The highest BCUT2D eigenvalue weighted by molar-refractivity contribution is 6.23. The Labute approximate surface area is 148 Å². The summed E-state index contributed by atoms with van der Waals surface area (Å²) in [6.07, 6.45) is 1.73. The van der Waals surface area contributed by atoms with Crippen LogP contribution in [0.15, 0.2) is 53.5 Å². The van der Waals surface area contributed by atoms with Crippen molar-refractivity contribution in [2.75, 3.05) is 5.73 Å². The van der Waals surface area contributed by atoms with E-state index in [2.05, 4.69) is 10.3 Å². The van der Waals surface area contributed by atoms with Crippen molar-refractivity contribution < 1.29 is 9.59 Å². The lowest BCUT2D eigenvalue weighted by Crippen LogP contribution is -2.24. The summed E-state index contributed by atoms with van der Waals surface area (Å²) in [7, 11) is 0. The number of nitrogen functional groups attached to an aromatic ring is 1. The fraction of sp³-hybridized carbons (Fsp3) is 0.0526. The van der Waals surface area contributed by atoms with Crippen molar-refractivity contribution in [1.82, 2.24) is 14.9 Å². The molecule has 0 saturated carbocycles. The van der Waals surface area contributed by atoms with E-state index in [0.29, 0.717) is 5.69 Å². The van der Waals surface area contributed by atoms with Gasteiger partial charge in [0.15, 0.2) is 0 Å². The number of carbonyl (C=O) groups is 2. The quantitative estimate of drug-likeness (QED) is 0.687. The van der Waals surface area contributed by atoms with Gasteiger partial charge in [-0.15, -0.1) is 0 Å². The van der Waals surface area contributed by atoms with Gasteiger partial charge in [0.25, 0.3) is 17.4 Å². The van der Waals surface area contributed by atoms with Crippen LogP contribution >= 0.6 is 0 Å². The molecule has 3 N–H and O–H groups in total. The van der Waals surface area contributed by atoms with E-state index in [9.17, 15) is 14.4 Å². The molecule has 26 heavy (non-hydrogen) atoms. The molecule has 0 spiro atoms. The van der Waals surface area contributed by atoms with Crippen molar-refractivity contribution in [3.05, 3.63) is 75.7 Å². The van der Waals surface area contributed by atoms with Gasteiger partial charge in [-0.05, 0) is 36.8 Å². The van der Waals surface area contributed by atoms with E-state index < -0.39 is 17.4 Å². The van der Waals surface area contributed by atoms with Crippen molar-refractivity contribution in [2.24, 2.45) is 0 Å². The van der Waals surface area contributed by atoms with E-state index in [1.807, 2.05) is 31.2 Å². The minimum atomic E-state index is -0.609. The molecular formula is C19H14N4O3. The van der Waals surface area contributed by atoms with E-state index in [1.54, 1.807) is 18.3 Å². The van der Waals surface area contributed by atoms with Crippen LogP contribution in [0.1, 0.15) is 26.3 Å². The van der Waals surface area contributed by atoms with Gasteiger partial charge < -0.3 is 5.73 Å². The normalized spacial score (nSPS) is 12.8. The lowest BCUT2D eigenvalue weighted by molar-refractivity contribution is 0.0880. The van der Waals surface area contributed by atoms with Crippen molar-refractivity contribution in [3.8, 4) is 16.9 Å². The summed E-state index contributed by atoms with van der Waals surface area (Å²) < 4.78 is 1.21. The monoisotopic (exact) mass is 346 g/mol. The smallest absolute Gasteiger partial charge is 0.262 e. The largest absolute Gasteiger partial charge is 0.384 e. The number of nitrogens with one attached hydrogen (secondary N) is 1. The highest BCUT2D eigenvalue weighted by Crippen LogP contribution is 2.24. The zero-order valence-electron chi connectivity index (χ0n) is 13.8. The molecule has 0 radical (unpaired) electrons. The molecule has 0 fully saturated rings. The number of hydrogen-bond acceptors (Lipinski definition) is 5. The maximum Gasteiger partial charge on any atom is 0.262 e. The number of nitrogens with zero attached hydrogens (tertiary/aromatic N) is 2. The van der Waals surface area contributed by atoms with Crippen LogP contribution in [0.25, 0.3) is 16.9 Å². The second-order valence-corrected chi connectivity index (χ2v) is 6.04. The van der Waals surface area contributed by atoms with Crippen LogP contribution in [0.4, 0.5) is 5.82 Å². The zero-order chi connectivity index (χ0) is 18.4. The summed E-state index contributed by atoms with van der Waals surface area (Å²) in [5, 5.41) is 2.15. The predicted octanol–water partition coefficient (Wildman–Crippen LogP) is 1.67. The summed E-state index contributed by atoms with van der Waals surface area (Å²) >= 11 is 0. The van der Waals surface area contributed by atoms with Crippen LogP contribution in [-0.2, 0) is 0 Å². The molecule has 0 saturated heterocycles. The Morgan fingerprint density at radius 3 is 2.42 bits per heavy atom. The number of rotatable bonds is 2. The van der Waals surface area contributed by atoms with E-state index in [-0.39, 0.29) is 16.9 Å². The number of nitrogens with two attached hydrogens (primary N) is 1. The number of pyridine rings is 2. The number of amides is 2. The first-order valence-electron chi connectivity index (χ1n) is 7.90. The summed E-state index contributed by atoms with van der Waals surface area (Å²) in [6, 6.07) is 12.1. The first-order chi connectivity index (χ1) is 12.5. The van der Waals surface area contributed by atoms with Crippen molar-refractivity contribution in [2.45, 2.75) is 6.92 Å². The minimum absolute atomic E-state index is 0.00864. The minimum Gasteiger partial charge on any atom is -0.384 e. The Kier molecular flexibility index (Phi) is 3.43. The topological polar surface area (TPSA) is 107 Å². The van der Waals surface area contributed by atoms with Gasteiger partial charge in [0, 0.05) is 17.8 Å².